The van der Waals surface area contributed by atoms with Gasteiger partial charge in [-0.25, -0.2) is 10.4 Å². The Morgan fingerprint density at radius 3 is 2.50 bits per heavy atom. The average Bonchev–Trinajstić information content (AvgIpc) is 2.94. The predicted molar refractivity (Wildman–Crippen MR) is 147 cm³/mol. The van der Waals surface area contributed by atoms with E-state index in [2.05, 4.69) is 36.4 Å². The van der Waals surface area contributed by atoms with Gasteiger partial charge in [0.15, 0.2) is 11.5 Å². The number of halogens is 1. The molecule has 0 amide bonds. The largest absolute Gasteiger partial charge is 0.493 e. The number of H-pyrrole nitrogens is 1. The molecule has 1 heterocycles. The summed E-state index contributed by atoms with van der Waals surface area (Å²) in [7, 11) is 1.36. The molecule has 200 valence electrons. The summed E-state index contributed by atoms with van der Waals surface area (Å²) in [6.45, 7) is 0. The van der Waals surface area contributed by atoms with Gasteiger partial charge in [-0.3, -0.25) is 30.0 Å². The molecule has 0 bridgehead atoms. The molecule has 0 spiro atoms. The third kappa shape index (κ3) is 5.92. The lowest BCUT2D eigenvalue weighted by Crippen LogP contribution is -2.16. The number of methoxy groups -OCH3 is 1. The van der Waals surface area contributed by atoms with Gasteiger partial charge < -0.3 is 9.47 Å². The number of rotatable bonds is 9. The van der Waals surface area contributed by atoms with Gasteiger partial charge in [-0.15, -0.1) is 0 Å². The van der Waals surface area contributed by atoms with Gasteiger partial charge in [-0.05, 0) is 39.7 Å². The highest BCUT2D eigenvalue weighted by molar-refractivity contribution is 9.10. The lowest BCUT2D eigenvalue weighted by molar-refractivity contribution is -0.394. The van der Waals surface area contributed by atoms with Crippen molar-refractivity contribution in [3.05, 3.63) is 107 Å². The van der Waals surface area contributed by atoms with Gasteiger partial charge in [0.2, 0.25) is 11.7 Å². The number of hydrogen-bond acceptors (Lipinski definition) is 11. The molecule has 3 aromatic carbocycles. The first-order valence-corrected chi connectivity index (χ1v) is 11.9. The second-order valence-electron chi connectivity index (χ2n) is 7.79. The number of nitro benzene ring substituents is 2. The predicted octanol–water partition coefficient (Wildman–Crippen LogP) is 5.13. The van der Waals surface area contributed by atoms with E-state index in [9.17, 15) is 30.3 Å². The Kier molecular flexibility index (Phi) is 8.11. The molecule has 0 aliphatic rings. The number of nitriles is 1. The number of hydrogen-bond donors (Lipinski definition) is 2. The number of ether oxygens (including phenoxy) is 2. The molecule has 14 nitrogen and oxygen atoms in total. The van der Waals surface area contributed by atoms with Crippen LogP contribution < -0.4 is 20.5 Å². The highest BCUT2D eigenvalue weighted by Crippen LogP contribution is 2.42. The molecular weight excluding hydrogens is 590 g/mol. The normalized spacial score (nSPS) is 10.6. The second kappa shape index (κ2) is 11.8. The molecule has 4 rings (SSSR count). The summed E-state index contributed by atoms with van der Waals surface area (Å²) >= 11 is 3.34. The Hall–Kier alpha value is -5.62. The number of anilines is 1. The van der Waals surface area contributed by atoms with Crippen molar-refractivity contribution in [3.63, 3.8) is 0 Å². The highest BCUT2D eigenvalue weighted by Gasteiger charge is 2.23. The van der Waals surface area contributed by atoms with Crippen molar-refractivity contribution in [2.45, 2.75) is 0 Å². The van der Waals surface area contributed by atoms with Crippen LogP contribution in [0, 0.1) is 31.6 Å². The molecule has 15 heteroatoms. The minimum Gasteiger partial charge on any atom is -0.493 e. The topological polar surface area (TPSA) is 199 Å². The van der Waals surface area contributed by atoms with E-state index in [-0.39, 0.29) is 34.5 Å². The first-order chi connectivity index (χ1) is 19.2. The van der Waals surface area contributed by atoms with Gasteiger partial charge in [0, 0.05) is 11.6 Å². The van der Waals surface area contributed by atoms with E-state index in [0.717, 1.165) is 18.2 Å². The van der Waals surface area contributed by atoms with E-state index in [0.29, 0.717) is 15.6 Å². The SMILES string of the molecule is COc1cc(C=NNc2nc(-c3ccccc3)c(C#N)c(=O)[nH]2)cc(Br)c1Oc1ccc([N+](=O)[O-])cc1[N+](=O)[O-]. The fraction of sp³-hybridized carbons (Fsp3) is 0.0400. The van der Waals surface area contributed by atoms with Crippen LogP contribution in [0.4, 0.5) is 17.3 Å². The van der Waals surface area contributed by atoms with Crippen molar-refractivity contribution >= 4 is 39.5 Å². The minimum atomic E-state index is -0.792. The van der Waals surface area contributed by atoms with Gasteiger partial charge >= 0.3 is 5.69 Å². The van der Waals surface area contributed by atoms with Crippen LogP contribution in [0.2, 0.25) is 0 Å². The summed E-state index contributed by atoms with van der Waals surface area (Å²) < 4.78 is 11.4. The molecule has 4 aromatic rings. The standard InChI is InChI=1S/C25H16BrN7O7/c1-39-21-10-14(9-18(26)23(21)40-20-8-7-16(32(35)36)11-19(20)33(37)38)13-28-31-25-29-22(15-5-3-2-4-6-15)17(12-27)24(34)30-25/h2-11,13H,1H3,(H2,29,30,31,34). The average molecular weight is 606 g/mol. The molecule has 0 aliphatic carbocycles. The summed E-state index contributed by atoms with van der Waals surface area (Å²) in [5, 5.41) is 35.9. The van der Waals surface area contributed by atoms with Gasteiger partial charge in [0.1, 0.15) is 11.6 Å². The third-order valence-electron chi connectivity index (χ3n) is 5.28. The molecule has 0 atom stereocenters. The molecule has 40 heavy (non-hydrogen) atoms. The van der Waals surface area contributed by atoms with Gasteiger partial charge in [-0.1, -0.05) is 30.3 Å². The number of nitrogens with one attached hydrogen (secondary N) is 2. The molecule has 0 fully saturated rings. The quantitative estimate of drug-likeness (QED) is 0.146. The Morgan fingerprint density at radius 1 is 1.10 bits per heavy atom. The van der Waals surface area contributed by atoms with Crippen molar-refractivity contribution in [1.29, 1.82) is 5.26 Å². The van der Waals surface area contributed by atoms with Crippen LogP contribution in [0.3, 0.4) is 0 Å². The van der Waals surface area contributed by atoms with Crippen LogP contribution >= 0.6 is 15.9 Å². The van der Waals surface area contributed by atoms with Crippen molar-refractivity contribution in [2.24, 2.45) is 5.10 Å². The summed E-state index contributed by atoms with van der Waals surface area (Å²) in [4.78, 5) is 40.1. The third-order valence-corrected chi connectivity index (χ3v) is 5.87. The monoisotopic (exact) mass is 605 g/mol. The van der Waals surface area contributed by atoms with Crippen LogP contribution in [0.1, 0.15) is 11.1 Å². The van der Waals surface area contributed by atoms with Crippen LogP contribution in [0.5, 0.6) is 17.2 Å². The van der Waals surface area contributed by atoms with E-state index >= 15 is 0 Å². The number of non-ortho nitro benzene ring substituents is 1. The molecule has 0 unspecified atom stereocenters. The molecule has 2 N–H and O–H groups in total. The smallest absolute Gasteiger partial charge is 0.318 e. The van der Waals surface area contributed by atoms with Crippen molar-refractivity contribution < 1.29 is 19.3 Å². The summed E-state index contributed by atoms with van der Waals surface area (Å²) in [6.07, 6.45) is 1.38. The van der Waals surface area contributed by atoms with Gasteiger partial charge in [-0.2, -0.15) is 10.4 Å². The van der Waals surface area contributed by atoms with Gasteiger partial charge in [0.25, 0.3) is 11.2 Å². The van der Waals surface area contributed by atoms with Crippen LogP contribution in [0.15, 0.2) is 75.0 Å². The Labute approximate surface area is 233 Å². The number of benzene rings is 3. The molecule has 0 aliphatic heterocycles. The van der Waals surface area contributed by atoms with E-state index in [1.807, 2.05) is 6.07 Å². The minimum absolute atomic E-state index is 0.00410. The lowest BCUT2D eigenvalue weighted by Gasteiger charge is -2.13. The number of aromatic amines is 1. The summed E-state index contributed by atoms with van der Waals surface area (Å²) in [6, 6.07) is 16.7. The maximum absolute atomic E-state index is 12.4. The van der Waals surface area contributed by atoms with Crippen molar-refractivity contribution in [3.8, 4) is 34.6 Å². The fourth-order valence-corrected chi connectivity index (χ4v) is 4.02. The number of nitrogens with zero attached hydrogens (tertiary/aromatic N) is 5. The molecular formula is C25H16BrN7O7. The first-order valence-electron chi connectivity index (χ1n) is 11.1. The van der Waals surface area contributed by atoms with Crippen LogP contribution in [-0.4, -0.2) is 33.1 Å². The number of nitro groups is 2. The van der Waals surface area contributed by atoms with E-state index in [4.69, 9.17) is 9.47 Å². The van der Waals surface area contributed by atoms with E-state index in [1.165, 1.54) is 19.4 Å². The zero-order valence-corrected chi connectivity index (χ0v) is 21.9. The zero-order valence-electron chi connectivity index (χ0n) is 20.3. The van der Waals surface area contributed by atoms with E-state index in [1.54, 1.807) is 36.4 Å². The first kappa shape index (κ1) is 27.4. The van der Waals surface area contributed by atoms with Crippen molar-refractivity contribution in [2.75, 3.05) is 12.5 Å². The molecule has 0 radical (unpaired) electrons. The highest BCUT2D eigenvalue weighted by atomic mass is 79.9. The number of aromatic nitrogens is 2. The maximum Gasteiger partial charge on any atom is 0.318 e. The Morgan fingerprint density at radius 2 is 1.85 bits per heavy atom. The molecule has 0 saturated heterocycles. The fourth-order valence-electron chi connectivity index (χ4n) is 3.47. The maximum atomic E-state index is 12.4. The molecule has 1 aromatic heterocycles. The molecule has 0 saturated carbocycles. The zero-order chi connectivity index (χ0) is 28.8. The Balaban J connectivity index is 1.60. The Bertz CT molecular complexity index is 1750. The summed E-state index contributed by atoms with van der Waals surface area (Å²) in [5.41, 5.74) is 2.03. The van der Waals surface area contributed by atoms with E-state index < -0.39 is 26.8 Å². The second-order valence-corrected chi connectivity index (χ2v) is 8.64. The number of hydrazone groups is 1. The van der Waals surface area contributed by atoms with Gasteiger partial charge in [0.05, 0.1) is 39.4 Å². The lowest BCUT2D eigenvalue weighted by atomic mass is 10.1. The van der Waals surface area contributed by atoms with Crippen LogP contribution in [0.25, 0.3) is 11.3 Å². The summed E-state index contributed by atoms with van der Waals surface area (Å²) in [5.74, 6) is 0.00761. The van der Waals surface area contributed by atoms with Crippen molar-refractivity contribution in [1.82, 2.24) is 9.97 Å². The van der Waals surface area contributed by atoms with Crippen LogP contribution in [-0.2, 0) is 0 Å².